The van der Waals surface area contributed by atoms with Crippen LogP contribution in [-0.4, -0.2) is 66.2 Å². The van der Waals surface area contributed by atoms with Crippen LogP contribution in [0.1, 0.15) is 65.7 Å². The number of ether oxygens (including phenoxy) is 1. The number of amides is 1. The van der Waals surface area contributed by atoms with E-state index in [1.807, 2.05) is 0 Å². The summed E-state index contributed by atoms with van der Waals surface area (Å²) < 4.78 is 5.03. The monoisotopic (exact) mass is 356 g/mol. The van der Waals surface area contributed by atoms with E-state index in [1.54, 1.807) is 12.0 Å². The highest BCUT2D eigenvalue weighted by Gasteiger charge is 2.39. The zero-order valence-corrected chi connectivity index (χ0v) is 16.3. The summed E-state index contributed by atoms with van der Waals surface area (Å²) >= 11 is 0. The summed E-state index contributed by atoms with van der Waals surface area (Å²) in [4.78, 5) is 27.0. The van der Waals surface area contributed by atoms with Crippen molar-refractivity contribution in [2.75, 3.05) is 26.9 Å². The first-order valence-electron chi connectivity index (χ1n) is 9.48. The molecule has 2 N–H and O–H groups in total. The molecule has 1 aliphatic heterocycles. The van der Waals surface area contributed by atoms with E-state index in [4.69, 9.17) is 9.84 Å². The molecule has 1 amide bonds. The lowest BCUT2D eigenvalue weighted by Gasteiger charge is -2.26. The molecule has 2 atom stereocenters. The van der Waals surface area contributed by atoms with Crippen LogP contribution in [0.3, 0.4) is 0 Å². The van der Waals surface area contributed by atoms with Gasteiger partial charge >= 0.3 is 0 Å². The van der Waals surface area contributed by atoms with Gasteiger partial charge in [-0.1, -0.05) is 6.42 Å². The molecule has 0 aromatic rings. The number of carbonyl (C=O) groups excluding carboxylic acids is 2. The van der Waals surface area contributed by atoms with E-state index in [0.717, 1.165) is 19.3 Å². The smallest absolute Gasteiger partial charge is 0.223 e. The van der Waals surface area contributed by atoms with Crippen molar-refractivity contribution in [2.45, 2.75) is 83.3 Å². The summed E-state index contributed by atoms with van der Waals surface area (Å²) in [6, 6.07) is -0.167. The van der Waals surface area contributed by atoms with Gasteiger partial charge in [0.25, 0.3) is 0 Å². The first-order valence-corrected chi connectivity index (χ1v) is 9.48. The predicted molar refractivity (Wildman–Crippen MR) is 98.5 cm³/mol. The molecule has 6 heteroatoms. The number of rotatable bonds is 11. The largest absolute Gasteiger partial charge is 0.396 e. The fourth-order valence-corrected chi connectivity index (χ4v) is 3.40. The Morgan fingerprint density at radius 1 is 1.16 bits per heavy atom. The summed E-state index contributed by atoms with van der Waals surface area (Å²) in [5.41, 5.74) is -0.0471. The van der Waals surface area contributed by atoms with Crippen molar-refractivity contribution in [1.29, 1.82) is 0 Å². The Balaban J connectivity index is 2.66. The zero-order chi connectivity index (χ0) is 18.9. The molecule has 0 saturated carbocycles. The van der Waals surface area contributed by atoms with Crippen LogP contribution in [0.25, 0.3) is 0 Å². The summed E-state index contributed by atoms with van der Waals surface area (Å²) in [5.74, 6) is 0.195. The van der Waals surface area contributed by atoms with E-state index in [9.17, 15) is 9.59 Å². The quantitative estimate of drug-likeness (QED) is 0.553. The van der Waals surface area contributed by atoms with Gasteiger partial charge in [-0.25, -0.2) is 0 Å². The van der Waals surface area contributed by atoms with Crippen LogP contribution in [-0.2, 0) is 14.3 Å². The average molecular weight is 357 g/mol. The lowest BCUT2D eigenvalue weighted by atomic mass is 10.0. The second-order valence-electron chi connectivity index (χ2n) is 7.99. The van der Waals surface area contributed by atoms with E-state index < -0.39 is 0 Å². The van der Waals surface area contributed by atoms with Gasteiger partial charge in [-0.05, 0) is 46.5 Å². The van der Waals surface area contributed by atoms with Gasteiger partial charge < -0.3 is 20.1 Å². The molecule has 1 fully saturated rings. The molecule has 1 saturated heterocycles. The SMILES string of the molecule is COCCCC(=O)C1CC(NC(C)(C)C)CN1C(=O)CCCCCO. The predicted octanol–water partition coefficient (Wildman–Crippen LogP) is 1.89. The number of methoxy groups -OCH3 is 1. The van der Waals surface area contributed by atoms with E-state index in [-0.39, 0.29) is 35.9 Å². The molecule has 0 aliphatic carbocycles. The third-order valence-electron chi connectivity index (χ3n) is 4.45. The molecular weight excluding hydrogens is 320 g/mol. The van der Waals surface area contributed by atoms with Crippen LogP contribution in [0.2, 0.25) is 0 Å². The maximum atomic E-state index is 12.6. The Kier molecular flexibility index (Phi) is 9.61. The van der Waals surface area contributed by atoms with Crippen molar-refractivity contribution in [3.8, 4) is 0 Å². The van der Waals surface area contributed by atoms with Crippen LogP contribution in [0, 0.1) is 0 Å². The topological polar surface area (TPSA) is 78.9 Å². The Morgan fingerprint density at radius 3 is 2.48 bits per heavy atom. The molecule has 1 aliphatic rings. The Morgan fingerprint density at radius 2 is 1.88 bits per heavy atom. The fourth-order valence-electron chi connectivity index (χ4n) is 3.40. The summed E-state index contributed by atoms with van der Waals surface area (Å²) in [7, 11) is 1.63. The van der Waals surface area contributed by atoms with Gasteiger partial charge in [-0.2, -0.15) is 0 Å². The van der Waals surface area contributed by atoms with Crippen LogP contribution >= 0.6 is 0 Å². The third-order valence-corrected chi connectivity index (χ3v) is 4.45. The molecule has 0 bridgehead atoms. The average Bonchev–Trinajstić information content (AvgIpc) is 2.93. The minimum absolute atomic E-state index is 0.0471. The lowest BCUT2D eigenvalue weighted by molar-refractivity contribution is -0.137. The highest BCUT2D eigenvalue weighted by Crippen LogP contribution is 2.23. The Bertz CT molecular complexity index is 420. The minimum atomic E-state index is -0.318. The van der Waals surface area contributed by atoms with Crippen LogP contribution in [0.4, 0.5) is 0 Å². The number of ketones is 1. The summed E-state index contributed by atoms with van der Waals surface area (Å²) in [6.07, 6.45) is 4.61. The summed E-state index contributed by atoms with van der Waals surface area (Å²) in [5, 5.41) is 12.4. The number of nitrogens with one attached hydrogen (secondary N) is 1. The molecule has 1 rings (SSSR count). The summed E-state index contributed by atoms with van der Waals surface area (Å²) in [6.45, 7) is 7.62. The van der Waals surface area contributed by atoms with Gasteiger partial charge in [0.1, 0.15) is 0 Å². The zero-order valence-electron chi connectivity index (χ0n) is 16.3. The highest BCUT2D eigenvalue weighted by atomic mass is 16.5. The molecule has 0 radical (unpaired) electrons. The second-order valence-corrected chi connectivity index (χ2v) is 7.99. The Hall–Kier alpha value is -0.980. The van der Waals surface area contributed by atoms with Gasteiger partial charge in [0, 0.05) is 51.3 Å². The van der Waals surface area contributed by atoms with Crippen molar-refractivity contribution >= 4 is 11.7 Å². The van der Waals surface area contributed by atoms with Crippen molar-refractivity contribution < 1.29 is 19.4 Å². The van der Waals surface area contributed by atoms with E-state index in [2.05, 4.69) is 26.1 Å². The van der Waals surface area contributed by atoms with Crippen molar-refractivity contribution in [3.63, 3.8) is 0 Å². The van der Waals surface area contributed by atoms with Crippen LogP contribution in [0.15, 0.2) is 0 Å². The maximum absolute atomic E-state index is 12.6. The molecule has 6 nitrogen and oxygen atoms in total. The van der Waals surface area contributed by atoms with E-state index >= 15 is 0 Å². The van der Waals surface area contributed by atoms with E-state index in [0.29, 0.717) is 38.8 Å². The lowest BCUT2D eigenvalue weighted by Crippen LogP contribution is -2.45. The van der Waals surface area contributed by atoms with E-state index in [1.165, 1.54) is 0 Å². The number of aliphatic hydroxyl groups is 1. The Labute approximate surface area is 152 Å². The van der Waals surface area contributed by atoms with Gasteiger partial charge in [0.2, 0.25) is 5.91 Å². The van der Waals surface area contributed by atoms with Crippen molar-refractivity contribution in [1.82, 2.24) is 10.2 Å². The second kappa shape index (κ2) is 10.9. The molecule has 0 spiro atoms. The van der Waals surface area contributed by atoms with Gasteiger partial charge in [0.15, 0.2) is 5.78 Å². The van der Waals surface area contributed by atoms with Gasteiger partial charge in [-0.15, -0.1) is 0 Å². The number of hydrogen-bond donors (Lipinski definition) is 2. The molecule has 1 heterocycles. The number of carbonyl (C=O) groups is 2. The minimum Gasteiger partial charge on any atom is -0.396 e. The molecule has 25 heavy (non-hydrogen) atoms. The van der Waals surface area contributed by atoms with Crippen molar-refractivity contribution in [2.24, 2.45) is 0 Å². The normalized spacial score (nSPS) is 20.9. The number of hydrogen-bond acceptors (Lipinski definition) is 5. The number of nitrogens with zero attached hydrogens (tertiary/aromatic N) is 1. The van der Waals surface area contributed by atoms with Crippen LogP contribution < -0.4 is 5.32 Å². The number of Topliss-reactive ketones (excluding diaryl/α,β-unsaturated/α-hetero) is 1. The molecule has 146 valence electrons. The number of unbranched alkanes of at least 4 members (excludes halogenated alkanes) is 2. The molecule has 0 aromatic carbocycles. The molecule has 0 aromatic heterocycles. The number of likely N-dealkylation sites (tertiary alicyclic amines) is 1. The first kappa shape index (κ1) is 22.1. The standard InChI is InChI=1S/C19H36N2O4/c1-19(2,3)20-15-13-16(17(23)9-8-12-25-4)21(14-15)18(24)10-6-5-7-11-22/h15-16,20,22H,5-14H2,1-4H3. The van der Waals surface area contributed by atoms with Gasteiger partial charge in [0.05, 0.1) is 6.04 Å². The highest BCUT2D eigenvalue weighted by molar-refractivity contribution is 5.89. The van der Waals surface area contributed by atoms with Crippen molar-refractivity contribution in [3.05, 3.63) is 0 Å². The fraction of sp³-hybridized carbons (Fsp3) is 0.895. The third kappa shape index (κ3) is 8.29. The first-order chi connectivity index (χ1) is 11.8. The molecule has 2 unspecified atom stereocenters. The van der Waals surface area contributed by atoms with Crippen LogP contribution in [0.5, 0.6) is 0 Å². The maximum Gasteiger partial charge on any atom is 0.223 e. The molecular formula is C19H36N2O4. The number of aliphatic hydroxyl groups excluding tert-OH is 1. The van der Waals surface area contributed by atoms with Gasteiger partial charge in [-0.3, -0.25) is 9.59 Å².